The zero-order valence-electron chi connectivity index (χ0n) is 33.7. The fraction of sp³-hybridized carbons (Fsp3) is 0.294. The Hall–Kier alpha value is -3.82. The Morgan fingerprint density at radius 1 is 0.358 bits per heavy atom. The van der Waals surface area contributed by atoms with E-state index in [1.54, 1.807) is 0 Å². The standard InChI is InChI=1S/C51H58P2/c1-11-51(12-2,49(43-19-15-13-16-20-43)52(45-27-35(3)23-36(4)28-45)46-29-37(5)24-38(6)30-46)50(44-21-17-14-18-22-44)53(47-31-39(7)25-40(8)32-47)48-33-41(9)26-42(10)34-48/h13-34,49-50H,11-12H2,1-10H3. The van der Waals surface area contributed by atoms with Gasteiger partial charge in [-0.2, -0.15) is 0 Å². The summed E-state index contributed by atoms with van der Waals surface area (Å²) < 4.78 is 0. The second kappa shape index (κ2) is 16.7. The van der Waals surface area contributed by atoms with Gasteiger partial charge < -0.3 is 0 Å². The molecule has 0 aliphatic heterocycles. The lowest BCUT2D eigenvalue weighted by Gasteiger charge is -2.52. The van der Waals surface area contributed by atoms with Gasteiger partial charge in [0.15, 0.2) is 0 Å². The first-order chi connectivity index (χ1) is 25.4. The van der Waals surface area contributed by atoms with Gasteiger partial charge in [-0.3, -0.25) is 0 Å². The molecule has 2 heteroatoms. The highest BCUT2D eigenvalue weighted by Crippen LogP contribution is 2.71. The van der Waals surface area contributed by atoms with E-state index in [1.165, 1.54) is 76.9 Å². The van der Waals surface area contributed by atoms with E-state index in [2.05, 4.69) is 203 Å². The van der Waals surface area contributed by atoms with Crippen LogP contribution in [0, 0.1) is 60.8 Å². The van der Waals surface area contributed by atoms with E-state index < -0.39 is 15.8 Å². The van der Waals surface area contributed by atoms with Crippen molar-refractivity contribution in [2.45, 2.75) is 93.4 Å². The average Bonchev–Trinajstić information content (AvgIpc) is 3.10. The molecule has 2 unspecified atom stereocenters. The van der Waals surface area contributed by atoms with Gasteiger partial charge >= 0.3 is 0 Å². The van der Waals surface area contributed by atoms with Crippen LogP contribution in [0.3, 0.4) is 0 Å². The van der Waals surface area contributed by atoms with Crippen LogP contribution >= 0.6 is 15.8 Å². The number of benzene rings is 6. The van der Waals surface area contributed by atoms with E-state index in [0.717, 1.165) is 12.8 Å². The summed E-state index contributed by atoms with van der Waals surface area (Å²) in [6.07, 6.45) is 2.12. The van der Waals surface area contributed by atoms with Crippen molar-refractivity contribution in [1.29, 1.82) is 0 Å². The number of aryl methyl sites for hydroxylation is 8. The lowest BCUT2D eigenvalue weighted by molar-refractivity contribution is 0.240. The van der Waals surface area contributed by atoms with E-state index >= 15 is 0 Å². The molecule has 0 aliphatic rings. The predicted octanol–water partition coefficient (Wildman–Crippen LogP) is 13.0. The molecule has 6 rings (SSSR count). The normalized spacial score (nSPS) is 13.1. The Morgan fingerprint density at radius 3 is 0.792 bits per heavy atom. The summed E-state index contributed by atoms with van der Waals surface area (Å²) in [4.78, 5) is 0. The van der Waals surface area contributed by atoms with E-state index in [-0.39, 0.29) is 16.7 Å². The molecular formula is C51H58P2. The Morgan fingerprint density at radius 2 is 0.585 bits per heavy atom. The zero-order valence-corrected chi connectivity index (χ0v) is 35.5. The minimum Gasteiger partial charge on any atom is -0.0648 e. The maximum atomic E-state index is 2.51. The van der Waals surface area contributed by atoms with Crippen LogP contribution in [0.2, 0.25) is 0 Å². The third-order valence-corrected chi connectivity index (χ3v) is 17.0. The first kappa shape index (κ1) is 38.9. The molecule has 0 radical (unpaired) electrons. The summed E-state index contributed by atoms with van der Waals surface area (Å²) in [5, 5.41) is 5.93. The molecule has 6 aromatic rings. The topological polar surface area (TPSA) is 0 Å². The summed E-state index contributed by atoms with van der Waals surface area (Å²) in [6, 6.07) is 52.8. The molecule has 0 N–H and O–H groups in total. The van der Waals surface area contributed by atoms with E-state index in [9.17, 15) is 0 Å². The summed E-state index contributed by atoms with van der Waals surface area (Å²) >= 11 is 0. The van der Waals surface area contributed by atoms with E-state index in [1.807, 2.05) is 0 Å². The van der Waals surface area contributed by atoms with Crippen LogP contribution in [0.4, 0.5) is 0 Å². The molecule has 0 heterocycles. The molecule has 6 aromatic carbocycles. The molecule has 0 nitrogen and oxygen atoms in total. The minimum atomic E-state index is -0.855. The molecule has 2 atom stereocenters. The maximum Gasteiger partial charge on any atom is 0.0188 e. The highest BCUT2D eigenvalue weighted by atomic mass is 31.1. The second-order valence-electron chi connectivity index (χ2n) is 15.7. The largest absolute Gasteiger partial charge is 0.0648 e. The SMILES string of the molecule is CCC(CC)(C(c1ccccc1)P(c1cc(C)cc(C)c1)c1cc(C)cc(C)c1)C(c1ccccc1)P(c1cc(C)cc(C)c1)c1cc(C)cc(C)c1. The summed E-state index contributed by atoms with van der Waals surface area (Å²) in [6.45, 7) is 23.2. The number of rotatable bonds is 12. The molecule has 0 aromatic heterocycles. The predicted molar refractivity (Wildman–Crippen MR) is 237 cm³/mol. The van der Waals surface area contributed by atoms with Crippen molar-refractivity contribution >= 4 is 37.1 Å². The highest BCUT2D eigenvalue weighted by molar-refractivity contribution is 7.74. The first-order valence-corrected chi connectivity index (χ1v) is 22.3. The van der Waals surface area contributed by atoms with E-state index in [0.29, 0.717) is 0 Å². The van der Waals surface area contributed by atoms with Crippen molar-refractivity contribution in [2.75, 3.05) is 0 Å². The van der Waals surface area contributed by atoms with Gasteiger partial charge in [0.05, 0.1) is 0 Å². The van der Waals surface area contributed by atoms with Gasteiger partial charge in [0.2, 0.25) is 0 Å². The quantitative estimate of drug-likeness (QED) is 0.110. The maximum absolute atomic E-state index is 2.51. The van der Waals surface area contributed by atoms with Crippen LogP contribution in [0.1, 0.15) is 93.6 Å². The van der Waals surface area contributed by atoms with Crippen LogP contribution in [0.15, 0.2) is 133 Å². The van der Waals surface area contributed by atoms with Crippen molar-refractivity contribution in [3.63, 3.8) is 0 Å². The van der Waals surface area contributed by atoms with Crippen LogP contribution in [-0.4, -0.2) is 0 Å². The van der Waals surface area contributed by atoms with Gasteiger partial charge in [0.1, 0.15) is 0 Å². The average molecular weight is 733 g/mol. The van der Waals surface area contributed by atoms with Gasteiger partial charge in [0.25, 0.3) is 0 Å². The monoisotopic (exact) mass is 732 g/mol. The van der Waals surface area contributed by atoms with Crippen LogP contribution < -0.4 is 21.2 Å². The molecule has 0 spiro atoms. The third-order valence-electron chi connectivity index (χ3n) is 11.1. The number of hydrogen-bond donors (Lipinski definition) is 0. The molecule has 53 heavy (non-hydrogen) atoms. The molecule has 0 bridgehead atoms. The van der Waals surface area contributed by atoms with Gasteiger partial charge in [-0.1, -0.05) is 192 Å². The molecule has 0 saturated heterocycles. The lowest BCUT2D eigenvalue weighted by Crippen LogP contribution is -2.39. The van der Waals surface area contributed by atoms with Gasteiger partial charge in [-0.05, 0) is 122 Å². The number of hydrogen-bond acceptors (Lipinski definition) is 0. The van der Waals surface area contributed by atoms with Crippen molar-refractivity contribution in [3.8, 4) is 0 Å². The highest BCUT2D eigenvalue weighted by Gasteiger charge is 2.51. The summed E-state index contributed by atoms with van der Waals surface area (Å²) in [5.41, 5.74) is 14.0. The molecule has 0 amide bonds. The van der Waals surface area contributed by atoms with Crippen LogP contribution in [-0.2, 0) is 0 Å². The van der Waals surface area contributed by atoms with Gasteiger partial charge in [-0.25, -0.2) is 0 Å². The minimum absolute atomic E-state index is 0.106. The van der Waals surface area contributed by atoms with Crippen LogP contribution in [0.25, 0.3) is 0 Å². The lowest BCUT2D eigenvalue weighted by atomic mass is 9.71. The van der Waals surface area contributed by atoms with Crippen molar-refractivity contribution in [3.05, 3.63) is 189 Å². The second-order valence-corrected chi connectivity index (χ2v) is 20.3. The molecule has 0 fully saturated rings. The Balaban J connectivity index is 1.78. The molecular weight excluding hydrogens is 675 g/mol. The fourth-order valence-corrected chi connectivity index (χ4v) is 16.8. The van der Waals surface area contributed by atoms with Crippen molar-refractivity contribution in [2.24, 2.45) is 5.41 Å². The first-order valence-electron chi connectivity index (χ1n) is 19.4. The molecule has 272 valence electrons. The Labute approximate surface area is 323 Å². The van der Waals surface area contributed by atoms with Gasteiger partial charge in [0, 0.05) is 11.3 Å². The van der Waals surface area contributed by atoms with Crippen LogP contribution in [0.5, 0.6) is 0 Å². The fourth-order valence-electron chi connectivity index (χ4n) is 9.17. The van der Waals surface area contributed by atoms with E-state index in [4.69, 9.17) is 0 Å². The zero-order chi connectivity index (χ0) is 37.9. The molecule has 0 aliphatic carbocycles. The summed E-state index contributed by atoms with van der Waals surface area (Å²) in [5.74, 6) is 0. The Kier molecular flexibility index (Phi) is 12.2. The third kappa shape index (κ3) is 8.46. The Bertz CT molecular complexity index is 1820. The summed E-state index contributed by atoms with van der Waals surface area (Å²) in [7, 11) is -1.71. The van der Waals surface area contributed by atoms with Crippen molar-refractivity contribution in [1.82, 2.24) is 0 Å². The molecule has 0 saturated carbocycles. The van der Waals surface area contributed by atoms with Crippen molar-refractivity contribution < 1.29 is 0 Å². The smallest absolute Gasteiger partial charge is 0.0188 e. The van der Waals surface area contributed by atoms with Gasteiger partial charge in [-0.15, -0.1) is 0 Å².